The van der Waals surface area contributed by atoms with Crippen molar-refractivity contribution in [3.63, 3.8) is 0 Å². The summed E-state index contributed by atoms with van der Waals surface area (Å²) in [6.07, 6.45) is 0.253. The van der Waals surface area contributed by atoms with Crippen LogP contribution in [0.15, 0.2) is 24.3 Å². The molecule has 0 unspecified atom stereocenters. The van der Waals surface area contributed by atoms with E-state index in [1.54, 1.807) is 45.0 Å². The number of nitrogens with one attached hydrogen (secondary N) is 2. The Hall–Kier alpha value is -2.08. The van der Waals surface area contributed by atoms with Crippen LogP contribution in [0, 0.1) is 0 Å². The van der Waals surface area contributed by atoms with Crippen molar-refractivity contribution in [2.75, 3.05) is 25.1 Å². The van der Waals surface area contributed by atoms with Gasteiger partial charge in [0, 0.05) is 31.0 Å². The highest BCUT2D eigenvalue weighted by molar-refractivity contribution is 5.95. The predicted octanol–water partition coefficient (Wildman–Crippen LogP) is 3.19. The molecule has 2 N–H and O–H groups in total. The number of ether oxygens (including phenoxy) is 2. The van der Waals surface area contributed by atoms with Crippen molar-refractivity contribution in [1.29, 1.82) is 0 Å². The molecule has 0 radical (unpaired) electrons. The fourth-order valence-corrected chi connectivity index (χ4v) is 1.75. The zero-order valence-electron chi connectivity index (χ0n) is 14.3. The molecule has 0 bridgehead atoms. The Labute approximate surface area is 137 Å². The first kappa shape index (κ1) is 19.0. The van der Waals surface area contributed by atoms with Gasteiger partial charge in [0.05, 0.1) is 0 Å². The SMILES string of the molecule is CCOCCCNC(=O)c1ccc(NC(=O)OC(C)(C)C)cc1. The maximum Gasteiger partial charge on any atom is 0.412 e. The fourth-order valence-electron chi connectivity index (χ4n) is 1.75. The molecule has 1 aromatic rings. The van der Waals surface area contributed by atoms with Gasteiger partial charge in [-0.3, -0.25) is 10.1 Å². The van der Waals surface area contributed by atoms with Gasteiger partial charge in [-0.25, -0.2) is 4.79 Å². The monoisotopic (exact) mass is 322 g/mol. The minimum absolute atomic E-state index is 0.148. The number of hydrogen-bond acceptors (Lipinski definition) is 4. The Balaban J connectivity index is 2.43. The van der Waals surface area contributed by atoms with Gasteiger partial charge in [-0.15, -0.1) is 0 Å². The van der Waals surface area contributed by atoms with E-state index in [2.05, 4.69) is 10.6 Å². The van der Waals surface area contributed by atoms with Crippen LogP contribution in [0.3, 0.4) is 0 Å². The van der Waals surface area contributed by atoms with Gasteiger partial charge >= 0.3 is 6.09 Å². The lowest BCUT2D eigenvalue weighted by atomic mass is 10.2. The van der Waals surface area contributed by atoms with E-state index >= 15 is 0 Å². The summed E-state index contributed by atoms with van der Waals surface area (Å²) in [7, 11) is 0. The van der Waals surface area contributed by atoms with Gasteiger partial charge in [0.25, 0.3) is 5.91 Å². The number of carbonyl (C=O) groups is 2. The molecule has 0 aliphatic heterocycles. The summed E-state index contributed by atoms with van der Waals surface area (Å²) < 4.78 is 10.4. The van der Waals surface area contributed by atoms with E-state index in [1.807, 2.05) is 6.92 Å². The van der Waals surface area contributed by atoms with Gasteiger partial charge in [-0.2, -0.15) is 0 Å². The first-order chi connectivity index (χ1) is 10.8. The van der Waals surface area contributed by atoms with E-state index in [0.717, 1.165) is 6.42 Å². The normalized spacial score (nSPS) is 11.0. The molecule has 2 amide bonds. The molecule has 128 valence electrons. The summed E-state index contributed by atoms with van der Waals surface area (Å²) in [5, 5.41) is 5.44. The number of anilines is 1. The molecular weight excluding hydrogens is 296 g/mol. The van der Waals surface area contributed by atoms with E-state index in [4.69, 9.17) is 9.47 Å². The molecule has 0 saturated heterocycles. The second kappa shape index (κ2) is 9.15. The number of benzene rings is 1. The van der Waals surface area contributed by atoms with Crippen LogP contribution >= 0.6 is 0 Å². The first-order valence-electron chi connectivity index (χ1n) is 7.78. The van der Waals surface area contributed by atoms with Crippen LogP contribution in [-0.2, 0) is 9.47 Å². The van der Waals surface area contributed by atoms with Crippen LogP contribution in [-0.4, -0.2) is 37.4 Å². The Morgan fingerprint density at radius 3 is 2.35 bits per heavy atom. The van der Waals surface area contributed by atoms with E-state index in [-0.39, 0.29) is 5.91 Å². The summed E-state index contributed by atoms with van der Waals surface area (Å²) in [6, 6.07) is 6.65. The van der Waals surface area contributed by atoms with Crippen molar-refractivity contribution >= 4 is 17.7 Å². The van der Waals surface area contributed by atoms with Crippen molar-refractivity contribution in [2.45, 2.75) is 39.7 Å². The van der Waals surface area contributed by atoms with Gasteiger partial charge in [0.2, 0.25) is 0 Å². The molecule has 0 aliphatic rings. The van der Waals surface area contributed by atoms with Crippen LogP contribution < -0.4 is 10.6 Å². The molecule has 0 heterocycles. The van der Waals surface area contributed by atoms with E-state index in [9.17, 15) is 9.59 Å². The van der Waals surface area contributed by atoms with Gasteiger partial charge in [0.1, 0.15) is 5.60 Å². The molecule has 23 heavy (non-hydrogen) atoms. The minimum Gasteiger partial charge on any atom is -0.444 e. The highest BCUT2D eigenvalue weighted by Gasteiger charge is 2.16. The number of amides is 2. The van der Waals surface area contributed by atoms with Gasteiger partial charge < -0.3 is 14.8 Å². The molecule has 6 nitrogen and oxygen atoms in total. The Morgan fingerprint density at radius 2 is 1.78 bits per heavy atom. The van der Waals surface area contributed by atoms with Crippen molar-refractivity contribution < 1.29 is 19.1 Å². The standard InChI is InChI=1S/C17H26N2O4/c1-5-22-12-6-11-18-15(20)13-7-9-14(10-8-13)19-16(21)23-17(2,3)4/h7-10H,5-6,11-12H2,1-4H3,(H,18,20)(H,19,21). The smallest absolute Gasteiger partial charge is 0.412 e. The minimum atomic E-state index is -0.550. The maximum absolute atomic E-state index is 11.9. The molecule has 0 fully saturated rings. The first-order valence-corrected chi connectivity index (χ1v) is 7.78. The third-order valence-corrected chi connectivity index (χ3v) is 2.75. The van der Waals surface area contributed by atoms with Gasteiger partial charge in [0.15, 0.2) is 0 Å². The molecular formula is C17H26N2O4. The van der Waals surface area contributed by atoms with E-state index < -0.39 is 11.7 Å². The van der Waals surface area contributed by atoms with Crippen LogP contribution in [0.1, 0.15) is 44.5 Å². The molecule has 0 atom stereocenters. The molecule has 0 aliphatic carbocycles. The summed E-state index contributed by atoms with van der Waals surface area (Å²) in [5.41, 5.74) is 0.564. The number of carbonyl (C=O) groups excluding carboxylic acids is 2. The lowest BCUT2D eigenvalue weighted by Crippen LogP contribution is -2.27. The predicted molar refractivity (Wildman–Crippen MR) is 89.7 cm³/mol. The average molecular weight is 322 g/mol. The Morgan fingerprint density at radius 1 is 1.13 bits per heavy atom. The van der Waals surface area contributed by atoms with Crippen LogP contribution in [0.4, 0.5) is 10.5 Å². The molecule has 1 aromatic carbocycles. The maximum atomic E-state index is 11.9. The topological polar surface area (TPSA) is 76.7 Å². The summed E-state index contributed by atoms with van der Waals surface area (Å²) in [4.78, 5) is 23.6. The second-order valence-electron chi connectivity index (χ2n) is 6.01. The number of hydrogen-bond donors (Lipinski definition) is 2. The molecule has 1 rings (SSSR count). The van der Waals surface area contributed by atoms with Crippen molar-refractivity contribution in [3.8, 4) is 0 Å². The second-order valence-corrected chi connectivity index (χ2v) is 6.01. The van der Waals surface area contributed by atoms with E-state index in [1.165, 1.54) is 0 Å². The lowest BCUT2D eigenvalue weighted by molar-refractivity contribution is 0.0635. The summed E-state index contributed by atoms with van der Waals surface area (Å²) in [5.74, 6) is -0.148. The quantitative estimate of drug-likeness (QED) is 0.756. The van der Waals surface area contributed by atoms with Gasteiger partial charge in [-0.1, -0.05) is 0 Å². The molecule has 0 aromatic heterocycles. The van der Waals surface area contributed by atoms with E-state index in [0.29, 0.717) is 31.0 Å². The molecule has 0 spiro atoms. The average Bonchev–Trinajstić information content (AvgIpc) is 2.45. The van der Waals surface area contributed by atoms with Crippen molar-refractivity contribution in [2.24, 2.45) is 0 Å². The zero-order chi connectivity index (χ0) is 17.3. The Bertz CT molecular complexity index is 506. The van der Waals surface area contributed by atoms with Crippen LogP contribution in [0.5, 0.6) is 0 Å². The number of rotatable bonds is 7. The van der Waals surface area contributed by atoms with Gasteiger partial charge in [-0.05, 0) is 58.4 Å². The fraction of sp³-hybridized carbons (Fsp3) is 0.529. The van der Waals surface area contributed by atoms with Crippen molar-refractivity contribution in [1.82, 2.24) is 5.32 Å². The third kappa shape index (κ3) is 8.21. The molecule has 0 saturated carbocycles. The zero-order valence-corrected chi connectivity index (χ0v) is 14.3. The van der Waals surface area contributed by atoms with Crippen molar-refractivity contribution in [3.05, 3.63) is 29.8 Å². The van der Waals surface area contributed by atoms with Crippen LogP contribution in [0.25, 0.3) is 0 Å². The highest BCUT2D eigenvalue weighted by Crippen LogP contribution is 2.13. The molecule has 6 heteroatoms. The Kier molecular flexibility index (Phi) is 7.54. The largest absolute Gasteiger partial charge is 0.444 e. The highest BCUT2D eigenvalue weighted by atomic mass is 16.6. The summed E-state index contributed by atoms with van der Waals surface area (Å²) >= 11 is 0. The van der Waals surface area contributed by atoms with Crippen LogP contribution in [0.2, 0.25) is 0 Å². The lowest BCUT2D eigenvalue weighted by Gasteiger charge is -2.19. The third-order valence-electron chi connectivity index (χ3n) is 2.75. The summed E-state index contributed by atoms with van der Waals surface area (Å²) in [6.45, 7) is 9.21.